The van der Waals surface area contributed by atoms with Crippen molar-refractivity contribution in [2.45, 2.75) is 62.7 Å². The summed E-state index contributed by atoms with van der Waals surface area (Å²) in [6.45, 7) is 0. The highest BCUT2D eigenvalue weighted by Gasteiger charge is 2.54. The molecule has 0 N–H and O–H groups in total. The zero-order valence-electron chi connectivity index (χ0n) is 35.7. The van der Waals surface area contributed by atoms with Gasteiger partial charge >= 0.3 is 0 Å². The van der Waals surface area contributed by atoms with Crippen LogP contribution >= 0.6 is 0 Å². The van der Waals surface area contributed by atoms with Crippen molar-refractivity contribution in [2.24, 2.45) is 5.92 Å². The molecular formula is C61H50N2. The maximum absolute atomic E-state index is 2.70. The number of hydrogen-bond acceptors (Lipinski definition) is 2. The predicted molar refractivity (Wildman–Crippen MR) is 263 cm³/mol. The molecule has 2 nitrogen and oxygen atoms in total. The lowest BCUT2D eigenvalue weighted by Crippen LogP contribution is -2.35. The second kappa shape index (κ2) is 14.6. The van der Waals surface area contributed by atoms with E-state index in [0.29, 0.717) is 11.8 Å². The third-order valence-electron chi connectivity index (χ3n) is 15.4. The van der Waals surface area contributed by atoms with Crippen molar-refractivity contribution >= 4 is 45.7 Å². The van der Waals surface area contributed by atoms with Crippen LogP contribution in [0.1, 0.15) is 75.3 Å². The first-order valence-corrected chi connectivity index (χ1v) is 23.2. The second-order valence-corrected chi connectivity index (χ2v) is 18.7. The van der Waals surface area contributed by atoms with Crippen molar-refractivity contribution in [2.75, 3.05) is 9.80 Å². The average molecular weight is 811 g/mol. The van der Waals surface area contributed by atoms with Gasteiger partial charge in [0.25, 0.3) is 0 Å². The highest BCUT2D eigenvalue weighted by atomic mass is 15.2. The smallest absolute Gasteiger partial charge is 0.0540 e. The van der Waals surface area contributed by atoms with Crippen molar-refractivity contribution in [1.82, 2.24) is 0 Å². The fourth-order valence-corrected chi connectivity index (χ4v) is 12.5. The summed E-state index contributed by atoms with van der Waals surface area (Å²) < 4.78 is 0. The lowest BCUT2D eigenvalue weighted by Gasteiger charge is -2.38. The van der Waals surface area contributed by atoms with Crippen molar-refractivity contribution in [3.05, 3.63) is 249 Å². The maximum atomic E-state index is 2.70. The van der Waals surface area contributed by atoms with E-state index in [1.807, 2.05) is 0 Å². The SMILES string of the molecule is C1=CC2=C(CC1)N(C1=CC3C(C=C1)c1ccc(/C=C/c4ccc(N5c6ccccc6CCc6ccccc65)c5ccccc45)cc1C31Cc3ccccc3C1)c1ccccc1CC2. The molecule has 7 aromatic carbocycles. The second-order valence-electron chi connectivity index (χ2n) is 18.7. The van der Waals surface area contributed by atoms with Gasteiger partial charge in [0.15, 0.2) is 0 Å². The summed E-state index contributed by atoms with van der Waals surface area (Å²) in [5.41, 5.74) is 22.3. The Bertz CT molecular complexity index is 3100. The summed E-state index contributed by atoms with van der Waals surface area (Å²) in [5, 5.41) is 2.53. The summed E-state index contributed by atoms with van der Waals surface area (Å²) in [7, 11) is 0. The van der Waals surface area contributed by atoms with E-state index in [1.54, 1.807) is 0 Å². The molecule has 0 aromatic heterocycles. The van der Waals surface area contributed by atoms with Gasteiger partial charge in [-0.25, -0.2) is 0 Å². The topological polar surface area (TPSA) is 6.48 Å². The molecular weight excluding hydrogens is 761 g/mol. The van der Waals surface area contributed by atoms with Crippen molar-refractivity contribution in [3.8, 4) is 0 Å². The van der Waals surface area contributed by atoms with Gasteiger partial charge in [0.1, 0.15) is 0 Å². The molecule has 0 saturated carbocycles. The standard InChI is InChI=1S/C61H50N2/c1-2-18-48-40-61(39-47(48)17-1)54-37-41(26-34-51(54)52-35-33-49(38-55(52)61)62-56-21-9-3-13-43(56)28-29-44-14-4-10-22-57(44)62)25-27-42-32-36-60(53-20-8-7-19-50(42)53)63-58-23-11-5-15-45(58)30-31-46-16-6-12-24-59(46)63/h1-9,11-21,23-27,32-38,52,55H,10,22,28-31,39-40H2/b27-25+. The van der Waals surface area contributed by atoms with Gasteiger partial charge in [-0.15, -0.1) is 0 Å². The molecule has 2 heteroatoms. The molecule has 4 aliphatic carbocycles. The van der Waals surface area contributed by atoms with E-state index in [-0.39, 0.29) is 5.41 Å². The predicted octanol–water partition coefficient (Wildman–Crippen LogP) is 14.8. The highest BCUT2D eigenvalue weighted by molar-refractivity contribution is 6.04. The van der Waals surface area contributed by atoms with Crippen LogP contribution in [0.2, 0.25) is 0 Å². The summed E-state index contributed by atoms with van der Waals surface area (Å²) in [6.07, 6.45) is 25.8. The number of allylic oxidation sites excluding steroid dienone is 7. The van der Waals surface area contributed by atoms with Gasteiger partial charge < -0.3 is 9.80 Å². The van der Waals surface area contributed by atoms with E-state index in [9.17, 15) is 0 Å². The molecule has 0 bridgehead atoms. The number of rotatable bonds is 4. The first-order valence-electron chi connectivity index (χ1n) is 23.2. The molecule has 6 aliphatic rings. The molecule has 1 spiro atoms. The number of fused-ring (bicyclic) bond motifs is 10. The zero-order chi connectivity index (χ0) is 41.5. The Morgan fingerprint density at radius 1 is 0.508 bits per heavy atom. The summed E-state index contributed by atoms with van der Waals surface area (Å²) in [6, 6.07) is 57.4. The molecule has 0 amide bonds. The minimum Gasteiger partial charge on any atom is -0.314 e. The van der Waals surface area contributed by atoms with E-state index in [2.05, 4.69) is 204 Å². The molecule has 0 saturated heterocycles. The maximum Gasteiger partial charge on any atom is 0.0540 e. The van der Waals surface area contributed by atoms with Gasteiger partial charge in [-0.1, -0.05) is 164 Å². The lowest BCUT2D eigenvalue weighted by molar-refractivity contribution is 0.342. The fraction of sp³-hybridized carbons (Fsp3) is 0.180. The van der Waals surface area contributed by atoms with E-state index in [0.717, 1.165) is 51.4 Å². The van der Waals surface area contributed by atoms with Gasteiger partial charge in [0, 0.05) is 45.2 Å². The number of benzene rings is 7. The molecule has 13 rings (SSSR count). The highest BCUT2D eigenvalue weighted by Crippen LogP contribution is 2.60. The van der Waals surface area contributed by atoms with Crippen LogP contribution in [0.5, 0.6) is 0 Å². The van der Waals surface area contributed by atoms with Gasteiger partial charge in [0.05, 0.1) is 5.69 Å². The van der Waals surface area contributed by atoms with E-state index in [1.165, 1.54) is 101 Å². The molecule has 2 unspecified atom stereocenters. The lowest BCUT2D eigenvalue weighted by atomic mass is 9.69. The van der Waals surface area contributed by atoms with Crippen molar-refractivity contribution in [3.63, 3.8) is 0 Å². The van der Waals surface area contributed by atoms with Gasteiger partial charge in [-0.3, -0.25) is 0 Å². The van der Waals surface area contributed by atoms with Crippen LogP contribution in [0.25, 0.3) is 22.9 Å². The van der Waals surface area contributed by atoms with Crippen molar-refractivity contribution in [1.29, 1.82) is 0 Å². The largest absolute Gasteiger partial charge is 0.314 e. The minimum atomic E-state index is -0.00726. The molecule has 2 heterocycles. The van der Waals surface area contributed by atoms with Crippen LogP contribution in [-0.4, -0.2) is 0 Å². The van der Waals surface area contributed by atoms with Crippen LogP contribution in [0, 0.1) is 5.92 Å². The zero-order valence-corrected chi connectivity index (χ0v) is 35.7. The van der Waals surface area contributed by atoms with Crippen LogP contribution in [0.15, 0.2) is 199 Å². The van der Waals surface area contributed by atoms with Crippen molar-refractivity contribution < 1.29 is 0 Å². The molecule has 304 valence electrons. The molecule has 63 heavy (non-hydrogen) atoms. The normalized spacial score (nSPS) is 20.1. The summed E-state index contributed by atoms with van der Waals surface area (Å²) >= 11 is 0. The summed E-state index contributed by atoms with van der Waals surface area (Å²) in [5.74, 6) is 0.715. The molecule has 7 aromatic rings. The summed E-state index contributed by atoms with van der Waals surface area (Å²) in [4.78, 5) is 5.16. The Balaban J connectivity index is 0.898. The molecule has 0 fully saturated rings. The van der Waals surface area contributed by atoms with E-state index >= 15 is 0 Å². The fourth-order valence-electron chi connectivity index (χ4n) is 12.5. The minimum absolute atomic E-state index is 0.00726. The Labute approximate surface area is 371 Å². The van der Waals surface area contributed by atoms with Crippen LogP contribution in [0.3, 0.4) is 0 Å². The number of nitrogens with zero attached hydrogens (tertiary/aromatic N) is 2. The molecule has 2 atom stereocenters. The molecule has 2 aliphatic heterocycles. The Morgan fingerprint density at radius 2 is 1.13 bits per heavy atom. The van der Waals surface area contributed by atoms with Crippen LogP contribution in [-0.2, 0) is 37.5 Å². The van der Waals surface area contributed by atoms with Crippen LogP contribution in [0.4, 0.5) is 22.7 Å². The third-order valence-corrected chi connectivity index (χ3v) is 15.4. The number of para-hydroxylation sites is 3. The van der Waals surface area contributed by atoms with E-state index < -0.39 is 0 Å². The monoisotopic (exact) mass is 810 g/mol. The number of aryl methyl sites for hydroxylation is 3. The Hall–Kier alpha value is -6.90. The number of hydrogen-bond donors (Lipinski definition) is 0. The van der Waals surface area contributed by atoms with Gasteiger partial charge in [-0.2, -0.15) is 0 Å². The van der Waals surface area contributed by atoms with Gasteiger partial charge in [0.2, 0.25) is 0 Å². The Kier molecular flexibility index (Phi) is 8.51. The molecule has 0 radical (unpaired) electrons. The third kappa shape index (κ3) is 5.84. The van der Waals surface area contributed by atoms with Gasteiger partial charge in [-0.05, 0) is 149 Å². The number of anilines is 4. The van der Waals surface area contributed by atoms with E-state index in [4.69, 9.17) is 0 Å². The first kappa shape index (κ1) is 36.7. The Morgan fingerprint density at radius 3 is 1.84 bits per heavy atom. The van der Waals surface area contributed by atoms with Crippen LogP contribution < -0.4 is 9.80 Å². The first-order chi connectivity index (χ1) is 31.2. The quantitative estimate of drug-likeness (QED) is 0.163. The average Bonchev–Trinajstić information content (AvgIpc) is 3.72.